The molecule has 1 aliphatic carbocycles. The van der Waals surface area contributed by atoms with E-state index in [1.807, 2.05) is 24.3 Å². The van der Waals surface area contributed by atoms with Gasteiger partial charge in [0.05, 0.1) is 0 Å². The van der Waals surface area contributed by atoms with Crippen molar-refractivity contribution in [3.8, 4) is 0 Å². The van der Waals surface area contributed by atoms with Crippen LogP contribution in [0.4, 0.5) is 0 Å². The normalized spacial score (nSPS) is 17.7. The van der Waals surface area contributed by atoms with Crippen LogP contribution in [-0.4, -0.2) is 37.0 Å². The van der Waals surface area contributed by atoms with Crippen LogP contribution in [-0.2, 0) is 0 Å². The second kappa shape index (κ2) is 6.22. The van der Waals surface area contributed by atoms with Crippen molar-refractivity contribution >= 4 is 28.5 Å². The summed E-state index contributed by atoms with van der Waals surface area (Å²) in [4.78, 5) is 14.4. The van der Waals surface area contributed by atoms with E-state index in [4.69, 9.17) is 0 Å². The van der Waals surface area contributed by atoms with Gasteiger partial charge in [0.25, 0.3) is 5.91 Å². The summed E-state index contributed by atoms with van der Waals surface area (Å²) in [6.45, 7) is 0.741. The maximum atomic E-state index is 12.1. The van der Waals surface area contributed by atoms with E-state index in [9.17, 15) is 4.79 Å². The average Bonchev–Trinajstić information content (AvgIpc) is 2.87. The van der Waals surface area contributed by atoms with Crippen molar-refractivity contribution in [2.75, 3.05) is 20.6 Å². The van der Waals surface area contributed by atoms with E-state index < -0.39 is 0 Å². The molecule has 0 radical (unpaired) electrons. The van der Waals surface area contributed by atoms with Gasteiger partial charge in [-0.3, -0.25) is 4.79 Å². The van der Waals surface area contributed by atoms with Crippen molar-refractivity contribution in [1.82, 2.24) is 10.2 Å². The van der Waals surface area contributed by atoms with Crippen LogP contribution >= 0.6 is 22.6 Å². The average molecular weight is 372 g/mol. The van der Waals surface area contributed by atoms with E-state index in [1.54, 1.807) is 0 Å². The van der Waals surface area contributed by atoms with Gasteiger partial charge in [-0.05, 0) is 73.8 Å². The minimum Gasteiger partial charge on any atom is -0.350 e. The van der Waals surface area contributed by atoms with Crippen LogP contribution in [0.5, 0.6) is 0 Å². The Morgan fingerprint density at radius 1 is 1.26 bits per heavy atom. The molecule has 1 N–H and O–H groups in total. The lowest BCUT2D eigenvalue weighted by Crippen LogP contribution is -2.50. The molecule has 0 unspecified atom stereocenters. The van der Waals surface area contributed by atoms with Crippen LogP contribution in [0.2, 0.25) is 0 Å². The van der Waals surface area contributed by atoms with E-state index in [1.165, 1.54) is 25.7 Å². The third-order valence-electron chi connectivity index (χ3n) is 4.17. The molecule has 0 bridgehead atoms. The summed E-state index contributed by atoms with van der Waals surface area (Å²) in [5.41, 5.74) is 0.895. The molecular weight excluding hydrogens is 351 g/mol. The number of rotatable bonds is 4. The molecule has 1 fully saturated rings. The SMILES string of the molecule is CN(C)C1(CNC(=O)c2ccc(I)cc2)CCCC1. The highest BCUT2D eigenvalue weighted by Gasteiger charge is 2.36. The zero-order valence-electron chi connectivity index (χ0n) is 11.6. The Kier molecular flexibility index (Phi) is 4.84. The van der Waals surface area contributed by atoms with E-state index >= 15 is 0 Å². The lowest BCUT2D eigenvalue weighted by atomic mass is 9.96. The van der Waals surface area contributed by atoms with E-state index in [-0.39, 0.29) is 11.4 Å². The fourth-order valence-electron chi connectivity index (χ4n) is 2.76. The summed E-state index contributed by atoms with van der Waals surface area (Å²) in [5.74, 6) is 0.0320. The van der Waals surface area contributed by atoms with Gasteiger partial charge in [0.15, 0.2) is 0 Å². The van der Waals surface area contributed by atoms with E-state index in [0.29, 0.717) is 0 Å². The Hall–Kier alpha value is -0.620. The number of hydrogen-bond donors (Lipinski definition) is 1. The molecule has 1 aromatic rings. The molecule has 104 valence electrons. The van der Waals surface area contributed by atoms with Gasteiger partial charge in [0.2, 0.25) is 0 Å². The summed E-state index contributed by atoms with van der Waals surface area (Å²) in [6.07, 6.45) is 4.87. The van der Waals surface area contributed by atoms with Gasteiger partial charge in [0.1, 0.15) is 0 Å². The van der Waals surface area contributed by atoms with Gasteiger partial charge in [-0.2, -0.15) is 0 Å². The minimum absolute atomic E-state index is 0.0320. The number of carbonyl (C=O) groups is 1. The number of carbonyl (C=O) groups excluding carboxylic acids is 1. The van der Waals surface area contributed by atoms with Gasteiger partial charge < -0.3 is 10.2 Å². The molecule has 19 heavy (non-hydrogen) atoms. The molecule has 3 nitrogen and oxygen atoms in total. The Balaban J connectivity index is 1.97. The Morgan fingerprint density at radius 2 is 1.84 bits per heavy atom. The second-order valence-corrected chi connectivity index (χ2v) is 6.76. The van der Waals surface area contributed by atoms with Gasteiger partial charge in [-0.1, -0.05) is 12.8 Å². The van der Waals surface area contributed by atoms with Gasteiger partial charge in [-0.15, -0.1) is 0 Å². The third-order valence-corrected chi connectivity index (χ3v) is 4.89. The topological polar surface area (TPSA) is 32.3 Å². The van der Waals surface area contributed by atoms with Crippen LogP contribution in [0.15, 0.2) is 24.3 Å². The highest BCUT2D eigenvalue weighted by atomic mass is 127. The molecule has 0 heterocycles. The molecule has 1 aromatic carbocycles. The highest BCUT2D eigenvalue weighted by Crippen LogP contribution is 2.33. The van der Waals surface area contributed by atoms with Crippen LogP contribution in [0.3, 0.4) is 0 Å². The first-order valence-electron chi connectivity index (χ1n) is 6.75. The summed E-state index contributed by atoms with van der Waals surface area (Å²) >= 11 is 2.24. The number of nitrogens with zero attached hydrogens (tertiary/aromatic N) is 1. The molecule has 4 heteroatoms. The molecule has 1 saturated carbocycles. The lowest BCUT2D eigenvalue weighted by Gasteiger charge is -2.36. The molecule has 1 aliphatic rings. The molecule has 0 aromatic heterocycles. The van der Waals surface area contributed by atoms with Crippen molar-refractivity contribution in [2.24, 2.45) is 0 Å². The summed E-state index contributed by atoms with van der Waals surface area (Å²) < 4.78 is 1.15. The molecule has 0 aliphatic heterocycles. The van der Waals surface area contributed by atoms with Crippen molar-refractivity contribution in [3.05, 3.63) is 33.4 Å². The van der Waals surface area contributed by atoms with Crippen molar-refractivity contribution in [3.63, 3.8) is 0 Å². The fourth-order valence-corrected chi connectivity index (χ4v) is 3.12. The molecular formula is C15H21IN2O. The molecule has 0 atom stereocenters. The van der Waals surface area contributed by atoms with E-state index in [2.05, 4.69) is 46.9 Å². The third kappa shape index (κ3) is 3.48. The zero-order valence-corrected chi connectivity index (χ0v) is 13.7. The largest absolute Gasteiger partial charge is 0.350 e. The fraction of sp³-hybridized carbons (Fsp3) is 0.533. The Labute approximate surface area is 128 Å². The zero-order chi connectivity index (χ0) is 13.9. The van der Waals surface area contributed by atoms with Crippen molar-refractivity contribution in [2.45, 2.75) is 31.2 Å². The Bertz CT molecular complexity index is 436. The number of halogens is 1. The monoisotopic (exact) mass is 372 g/mol. The first-order chi connectivity index (χ1) is 9.03. The molecule has 0 saturated heterocycles. The van der Waals surface area contributed by atoms with Crippen LogP contribution in [0.1, 0.15) is 36.0 Å². The predicted molar refractivity (Wildman–Crippen MR) is 86.4 cm³/mol. The lowest BCUT2D eigenvalue weighted by molar-refractivity contribution is 0.0900. The Morgan fingerprint density at radius 3 is 2.37 bits per heavy atom. The van der Waals surface area contributed by atoms with Crippen LogP contribution in [0.25, 0.3) is 0 Å². The first kappa shape index (κ1) is 14.8. The number of likely N-dealkylation sites (N-methyl/N-ethyl adjacent to an activating group) is 1. The van der Waals surface area contributed by atoms with Crippen molar-refractivity contribution in [1.29, 1.82) is 0 Å². The van der Waals surface area contributed by atoms with Crippen molar-refractivity contribution < 1.29 is 4.79 Å². The number of benzene rings is 1. The smallest absolute Gasteiger partial charge is 0.251 e. The van der Waals surface area contributed by atoms with Gasteiger partial charge in [-0.25, -0.2) is 0 Å². The first-order valence-corrected chi connectivity index (χ1v) is 7.83. The quantitative estimate of drug-likeness (QED) is 0.825. The highest BCUT2D eigenvalue weighted by molar-refractivity contribution is 14.1. The molecule has 1 amide bonds. The standard InChI is InChI=1S/C15H21IN2O/c1-18(2)15(9-3-4-10-15)11-17-14(19)12-5-7-13(16)8-6-12/h5-8H,3-4,9-11H2,1-2H3,(H,17,19). The molecule has 2 rings (SSSR count). The number of amides is 1. The number of nitrogens with one attached hydrogen (secondary N) is 1. The summed E-state index contributed by atoms with van der Waals surface area (Å²) in [6, 6.07) is 7.70. The van der Waals surface area contributed by atoms with Gasteiger partial charge >= 0.3 is 0 Å². The summed E-state index contributed by atoms with van der Waals surface area (Å²) in [5, 5.41) is 3.10. The molecule has 0 spiro atoms. The van der Waals surface area contributed by atoms with Crippen LogP contribution < -0.4 is 5.32 Å². The maximum Gasteiger partial charge on any atom is 0.251 e. The van der Waals surface area contributed by atoms with E-state index in [0.717, 1.165) is 15.7 Å². The van der Waals surface area contributed by atoms with Gasteiger partial charge in [0, 0.05) is 21.2 Å². The summed E-state index contributed by atoms with van der Waals surface area (Å²) in [7, 11) is 4.23. The van der Waals surface area contributed by atoms with Crippen LogP contribution in [0, 0.1) is 3.57 Å². The number of hydrogen-bond acceptors (Lipinski definition) is 2. The maximum absolute atomic E-state index is 12.1. The minimum atomic E-state index is 0.0320. The predicted octanol–water partition coefficient (Wildman–Crippen LogP) is 2.90. The second-order valence-electron chi connectivity index (χ2n) is 5.52.